The number of rotatable bonds is 5. The first-order valence-electron chi connectivity index (χ1n) is 10.9. The van der Waals surface area contributed by atoms with Crippen LogP contribution in [0.1, 0.15) is 27.9 Å². The fraction of sp³-hybridized carbons (Fsp3) is 0.292. The molecule has 1 amide bonds. The minimum atomic E-state index is -1.72. The lowest BCUT2D eigenvalue weighted by Gasteiger charge is -2.20. The second-order valence-corrected chi connectivity index (χ2v) is 9.25. The smallest absolute Gasteiger partial charge is 0.253 e. The normalized spacial score (nSPS) is 15.0. The maximum Gasteiger partial charge on any atom is 0.253 e. The van der Waals surface area contributed by atoms with Gasteiger partial charge in [-0.05, 0) is 56.1 Å². The standard InChI is InChI=1S/C24H27N5O3S/c1-16-6-3-7-17(2)22(16)20-15-21(30)27-24(26-20)28-33(32)19-9-4-8-18(14-19)23(31)29-12-5-10-25-11-13-29/h3-4,6-9,14-15,25H,5,10-13H2,1-2H3,(H2,26,27,28,30). The molecule has 1 unspecified atom stereocenters. The van der Waals surface area contributed by atoms with Crippen LogP contribution in [-0.4, -0.2) is 51.2 Å². The Kier molecular flexibility index (Phi) is 7.00. The van der Waals surface area contributed by atoms with Crippen LogP contribution < -0.4 is 15.6 Å². The van der Waals surface area contributed by atoms with Gasteiger partial charge >= 0.3 is 0 Å². The minimum Gasteiger partial charge on any atom is -0.337 e. The highest BCUT2D eigenvalue weighted by molar-refractivity contribution is 7.86. The van der Waals surface area contributed by atoms with Gasteiger partial charge in [0.2, 0.25) is 5.95 Å². The number of anilines is 1. The number of carbonyl (C=O) groups is 1. The van der Waals surface area contributed by atoms with Crippen molar-refractivity contribution in [3.63, 3.8) is 0 Å². The summed E-state index contributed by atoms with van der Waals surface area (Å²) in [5, 5.41) is 3.28. The van der Waals surface area contributed by atoms with Gasteiger partial charge < -0.3 is 10.2 Å². The fourth-order valence-corrected chi connectivity index (χ4v) is 4.80. The van der Waals surface area contributed by atoms with Gasteiger partial charge in [0.25, 0.3) is 11.5 Å². The molecule has 0 bridgehead atoms. The number of H-pyrrole nitrogens is 1. The van der Waals surface area contributed by atoms with Crippen molar-refractivity contribution in [3.05, 3.63) is 75.6 Å². The number of aromatic nitrogens is 2. The number of amides is 1. The van der Waals surface area contributed by atoms with E-state index in [0.717, 1.165) is 36.2 Å². The van der Waals surface area contributed by atoms with Crippen molar-refractivity contribution in [2.45, 2.75) is 25.2 Å². The fourth-order valence-electron chi connectivity index (χ4n) is 3.98. The summed E-state index contributed by atoms with van der Waals surface area (Å²) in [7, 11) is -1.72. The molecule has 1 atom stereocenters. The predicted octanol–water partition coefficient (Wildman–Crippen LogP) is 2.62. The first-order chi connectivity index (χ1) is 15.9. The summed E-state index contributed by atoms with van der Waals surface area (Å²) >= 11 is 0. The average molecular weight is 466 g/mol. The number of aryl methyl sites for hydroxylation is 2. The molecule has 1 aliphatic heterocycles. The van der Waals surface area contributed by atoms with Crippen LogP contribution in [-0.2, 0) is 11.0 Å². The maximum atomic E-state index is 13.0. The van der Waals surface area contributed by atoms with Gasteiger partial charge in [0.1, 0.15) is 0 Å². The summed E-state index contributed by atoms with van der Waals surface area (Å²) in [4.78, 5) is 34.5. The Balaban J connectivity index is 1.57. The summed E-state index contributed by atoms with van der Waals surface area (Å²) in [6.45, 7) is 6.89. The van der Waals surface area contributed by atoms with Crippen LogP contribution >= 0.6 is 0 Å². The predicted molar refractivity (Wildman–Crippen MR) is 130 cm³/mol. The van der Waals surface area contributed by atoms with Crippen molar-refractivity contribution in [3.8, 4) is 11.3 Å². The molecule has 3 N–H and O–H groups in total. The Bertz CT molecular complexity index is 1230. The molecular formula is C24H27N5O3S. The second-order valence-electron chi connectivity index (χ2n) is 8.04. The van der Waals surface area contributed by atoms with E-state index < -0.39 is 11.0 Å². The Morgan fingerprint density at radius 2 is 1.82 bits per heavy atom. The zero-order valence-electron chi connectivity index (χ0n) is 18.7. The van der Waals surface area contributed by atoms with Crippen molar-refractivity contribution in [1.29, 1.82) is 0 Å². The van der Waals surface area contributed by atoms with Crippen molar-refractivity contribution in [2.75, 3.05) is 30.9 Å². The Labute approximate surface area is 195 Å². The SMILES string of the molecule is Cc1cccc(C)c1-c1cc(=O)[nH]c(NS(=O)c2cccc(C(=O)N3CCCNCC3)c2)n1. The van der Waals surface area contributed by atoms with E-state index in [4.69, 9.17) is 0 Å². The molecule has 2 aromatic carbocycles. The van der Waals surface area contributed by atoms with Crippen molar-refractivity contribution in [2.24, 2.45) is 0 Å². The topological polar surface area (TPSA) is 107 Å². The Morgan fingerprint density at radius 1 is 1.06 bits per heavy atom. The molecule has 1 aliphatic rings. The molecule has 0 aliphatic carbocycles. The summed E-state index contributed by atoms with van der Waals surface area (Å²) in [6.07, 6.45) is 0.897. The van der Waals surface area contributed by atoms with Crippen LogP contribution in [0.5, 0.6) is 0 Å². The second kappa shape index (κ2) is 10.1. The number of hydrogen-bond donors (Lipinski definition) is 3. The summed E-state index contributed by atoms with van der Waals surface area (Å²) in [6, 6.07) is 14.0. The van der Waals surface area contributed by atoms with Gasteiger partial charge in [0.05, 0.1) is 10.6 Å². The van der Waals surface area contributed by atoms with Crippen molar-refractivity contribution >= 4 is 22.8 Å². The molecule has 8 nitrogen and oxygen atoms in total. The molecule has 2 heterocycles. The molecule has 1 saturated heterocycles. The lowest BCUT2D eigenvalue weighted by Crippen LogP contribution is -2.34. The Hall–Kier alpha value is -3.30. The number of benzene rings is 2. The molecule has 4 rings (SSSR count). The quantitative estimate of drug-likeness (QED) is 0.537. The maximum absolute atomic E-state index is 13.0. The van der Waals surface area contributed by atoms with Crippen LogP contribution in [0.2, 0.25) is 0 Å². The molecule has 33 heavy (non-hydrogen) atoms. The third kappa shape index (κ3) is 5.37. The highest BCUT2D eigenvalue weighted by Crippen LogP contribution is 2.25. The van der Waals surface area contributed by atoms with E-state index in [1.165, 1.54) is 6.07 Å². The zero-order chi connectivity index (χ0) is 23.4. The third-order valence-electron chi connectivity index (χ3n) is 5.59. The largest absolute Gasteiger partial charge is 0.337 e. The van der Waals surface area contributed by atoms with E-state index in [1.54, 1.807) is 24.3 Å². The molecule has 1 fully saturated rings. The number of carbonyl (C=O) groups excluding carboxylic acids is 1. The van der Waals surface area contributed by atoms with Crippen LogP contribution in [0.15, 0.2) is 58.2 Å². The molecule has 1 aromatic heterocycles. The lowest BCUT2D eigenvalue weighted by atomic mass is 10.00. The molecule has 0 saturated carbocycles. The molecular weight excluding hydrogens is 438 g/mol. The minimum absolute atomic E-state index is 0.0823. The number of nitrogens with zero attached hydrogens (tertiary/aromatic N) is 2. The van der Waals surface area contributed by atoms with Gasteiger partial charge in [-0.15, -0.1) is 0 Å². The van der Waals surface area contributed by atoms with Gasteiger partial charge in [-0.3, -0.25) is 19.3 Å². The van der Waals surface area contributed by atoms with Crippen LogP contribution in [0.4, 0.5) is 5.95 Å². The summed E-state index contributed by atoms with van der Waals surface area (Å²) < 4.78 is 15.8. The monoisotopic (exact) mass is 465 g/mol. The number of hydrogen-bond acceptors (Lipinski definition) is 5. The highest BCUT2D eigenvalue weighted by Gasteiger charge is 2.18. The van der Waals surface area contributed by atoms with Crippen LogP contribution in [0.3, 0.4) is 0 Å². The summed E-state index contributed by atoms with van der Waals surface area (Å²) in [5.74, 6) is 0.0231. The van der Waals surface area contributed by atoms with E-state index in [9.17, 15) is 13.8 Å². The number of aromatic amines is 1. The first kappa shape index (κ1) is 22.9. The molecule has 172 valence electrons. The average Bonchev–Trinajstić information content (AvgIpc) is 3.08. The third-order valence-corrected chi connectivity index (χ3v) is 6.65. The van der Waals surface area contributed by atoms with E-state index in [1.807, 2.05) is 36.9 Å². The molecule has 3 aromatic rings. The van der Waals surface area contributed by atoms with E-state index in [0.29, 0.717) is 29.2 Å². The van der Waals surface area contributed by atoms with Gasteiger partial charge in [-0.2, -0.15) is 0 Å². The van der Waals surface area contributed by atoms with Crippen LogP contribution in [0.25, 0.3) is 11.3 Å². The van der Waals surface area contributed by atoms with E-state index >= 15 is 0 Å². The molecule has 0 radical (unpaired) electrons. The zero-order valence-corrected chi connectivity index (χ0v) is 19.5. The highest BCUT2D eigenvalue weighted by atomic mass is 32.2. The van der Waals surface area contributed by atoms with E-state index in [2.05, 4.69) is 20.0 Å². The lowest BCUT2D eigenvalue weighted by molar-refractivity contribution is 0.0766. The Morgan fingerprint density at radius 3 is 2.61 bits per heavy atom. The van der Waals surface area contributed by atoms with Gasteiger partial charge in [0.15, 0.2) is 11.0 Å². The van der Waals surface area contributed by atoms with Crippen molar-refractivity contribution in [1.82, 2.24) is 20.2 Å². The van der Waals surface area contributed by atoms with Gasteiger partial charge in [-0.1, -0.05) is 24.3 Å². The van der Waals surface area contributed by atoms with Gasteiger partial charge in [0, 0.05) is 36.8 Å². The summed E-state index contributed by atoms with van der Waals surface area (Å²) in [5.41, 5.74) is 3.51. The van der Waals surface area contributed by atoms with Gasteiger partial charge in [-0.25, -0.2) is 9.19 Å². The van der Waals surface area contributed by atoms with Crippen LogP contribution in [0, 0.1) is 13.8 Å². The van der Waals surface area contributed by atoms with E-state index in [-0.39, 0.29) is 17.4 Å². The number of nitrogens with one attached hydrogen (secondary N) is 3. The molecule has 0 spiro atoms. The van der Waals surface area contributed by atoms with Crippen molar-refractivity contribution < 1.29 is 9.00 Å². The first-order valence-corrected chi connectivity index (χ1v) is 12.0. The molecule has 9 heteroatoms.